The van der Waals surface area contributed by atoms with Gasteiger partial charge in [-0.05, 0) is 60.6 Å². The lowest BCUT2D eigenvalue weighted by Gasteiger charge is -2.43. The maximum atomic E-state index is 13.2. The van der Waals surface area contributed by atoms with Gasteiger partial charge < -0.3 is 10.6 Å². The first-order valence-electron chi connectivity index (χ1n) is 10.7. The highest BCUT2D eigenvalue weighted by Gasteiger charge is 2.59. The lowest BCUT2D eigenvalue weighted by Crippen LogP contribution is -2.52. The zero-order valence-electron chi connectivity index (χ0n) is 17.9. The van der Waals surface area contributed by atoms with Crippen LogP contribution in [0.3, 0.4) is 0 Å². The van der Waals surface area contributed by atoms with E-state index in [1.807, 2.05) is 0 Å². The summed E-state index contributed by atoms with van der Waals surface area (Å²) in [6.07, 6.45) is 3.53. The smallest absolute Gasteiger partial charge is 0.251 e. The van der Waals surface area contributed by atoms with Crippen molar-refractivity contribution in [2.75, 3.05) is 26.2 Å². The fourth-order valence-corrected chi connectivity index (χ4v) is 7.61. The van der Waals surface area contributed by atoms with Crippen molar-refractivity contribution >= 4 is 15.9 Å². The number of carbonyl (C=O) groups excluding carboxylic acids is 1. The molecule has 29 heavy (non-hydrogen) atoms. The van der Waals surface area contributed by atoms with E-state index in [1.54, 1.807) is 25.1 Å². The number of piperazine rings is 1. The maximum absolute atomic E-state index is 13.2. The van der Waals surface area contributed by atoms with Gasteiger partial charge in [0, 0.05) is 37.8 Å². The minimum Gasteiger partial charge on any atom is -0.348 e. The predicted octanol–water partition coefficient (Wildman–Crippen LogP) is 2.53. The van der Waals surface area contributed by atoms with Gasteiger partial charge in [-0.15, -0.1) is 0 Å². The van der Waals surface area contributed by atoms with Crippen molar-refractivity contribution in [1.29, 1.82) is 0 Å². The van der Waals surface area contributed by atoms with Crippen LogP contribution in [0.1, 0.15) is 56.0 Å². The molecule has 6 nitrogen and oxygen atoms in total. The van der Waals surface area contributed by atoms with Gasteiger partial charge in [0.1, 0.15) is 0 Å². The SMILES string of the molecule is Cc1ccc(C(=O)NC2C(C)(C)[C@H]3CC[C@@]2(C)C3)cc1S(=O)(=O)N1CCNCC1. The lowest BCUT2D eigenvalue weighted by molar-refractivity contribution is 0.0737. The Labute approximate surface area is 174 Å². The van der Waals surface area contributed by atoms with Crippen LogP contribution in [0, 0.1) is 23.7 Å². The number of hydrogen-bond acceptors (Lipinski definition) is 4. The molecule has 0 aromatic heterocycles. The Hall–Kier alpha value is -1.44. The summed E-state index contributed by atoms with van der Waals surface area (Å²) in [6, 6.07) is 5.16. The van der Waals surface area contributed by atoms with E-state index in [4.69, 9.17) is 0 Å². The van der Waals surface area contributed by atoms with E-state index in [1.165, 1.54) is 10.7 Å². The molecule has 0 radical (unpaired) electrons. The second-order valence-corrected chi connectivity index (χ2v) is 11.9. The van der Waals surface area contributed by atoms with Gasteiger partial charge >= 0.3 is 0 Å². The van der Waals surface area contributed by atoms with Crippen molar-refractivity contribution in [1.82, 2.24) is 14.9 Å². The molecule has 3 aliphatic rings. The molecule has 3 fully saturated rings. The molecule has 0 spiro atoms. The topological polar surface area (TPSA) is 78.5 Å². The van der Waals surface area contributed by atoms with Crippen LogP contribution in [0.5, 0.6) is 0 Å². The van der Waals surface area contributed by atoms with Crippen molar-refractivity contribution in [2.24, 2.45) is 16.7 Å². The van der Waals surface area contributed by atoms with E-state index in [0.29, 0.717) is 43.2 Å². The number of aryl methyl sites for hydroxylation is 1. The summed E-state index contributed by atoms with van der Waals surface area (Å²) in [5.74, 6) is 0.466. The van der Waals surface area contributed by atoms with Crippen LogP contribution < -0.4 is 10.6 Å². The molecule has 2 saturated carbocycles. The second kappa shape index (κ2) is 7.06. The molecular formula is C22H33N3O3S. The van der Waals surface area contributed by atoms with Gasteiger partial charge in [0.15, 0.2) is 0 Å². The number of fused-ring (bicyclic) bond motifs is 2. The van der Waals surface area contributed by atoms with Crippen LogP contribution >= 0.6 is 0 Å². The van der Waals surface area contributed by atoms with E-state index < -0.39 is 10.0 Å². The minimum absolute atomic E-state index is 0.0586. The van der Waals surface area contributed by atoms with Crippen molar-refractivity contribution in [3.05, 3.63) is 29.3 Å². The summed E-state index contributed by atoms with van der Waals surface area (Å²) in [5.41, 5.74) is 1.28. The average Bonchev–Trinajstić information content (AvgIpc) is 3.17. The summed E-state index contributed by atoms with van der Waals surface area (Å²) in [4.78, 5) is 13.4. The third kappa shape index (κ3) is 3.41. The van der Waals surface area contributed by atoms with Gasteiger partial charge in [-0.2, -0.15) is 4.31 Å². The predicted molar refractivity (Wildman–Crippen MR) is 113 cm³/mol. The number of hydrogen-bond donors (Lipinski definition) is 2. The van der Waals surface area contributed by atoms with Gasteiger partial charge in [-0.3, -0.25) is 4.79 Å². The number of sulfonamides is 1. The lowest BCUT2D eigenvalue weighted by atomic mass is 9.68. The molecule has 1 saturated heterocycles. The third-order valence-electron chi connectivity index (χ3n) is 7.69. The molecule has 1 amide bonds. The molecule has 1 aromatic carbocycles. The Morgan fingerprint density at radius 2 is 1.90 bits per heavy atom. The fourth-order valence-electron chi connectivity index (χ4n) is 5.92. The zero-order chi connectivity index (χ0) is 21.0. The fraction of sp³-hybridized carbons (Fsp3) is 0.682. The van der Waals surface area contributed by atoms with E-state index in [2.05, 4.69) is 31.4 Å². The highest BCUT2D eigenvalue weighted by atomic mass is 32.2. The first kappa shape index (κ1) is 20.8. The van der Waals surface area contributed by atoms with Crippen LogP contribution in [0.2, 0.25) is 0 Å². The molecule has 3 atom stereocenters. The molecule has 2 aliphatic carbocycles. The number of nitrogens with one attached hydrogen (secondary N) is 2. The van der Waals surface area contributed by atoms with Gasteiger partial charge in [-0.1, -0.05) is 26.8 Å². The van der Waals surface area contributed by atoms with Gasteiger partial charge in [0.25, 0.3) is 5.91 Å². The van der Waals surface area contributed by atoms with Crippen molar-refractivity contribution < 1.29 is 13.2 Å². The van der Waals surface area contributed by atoms with Crippen LogP contribution in [0.15, 0.2) is 23.1 Å². The molecular weight excluding hydrogens is 386 g/mol. The number of amides is 1. The summed E-state index contributed by atoms with van der Waals surface area (Å²) < 4.78 is 27.8. The highest BCUT2D eigenvalue weighted by molar-refractivity contribution is 7.89. The summed E-state index contributed by atoms with van der Waals surface area (Å²) in [6.45, 7) is 10.8. The van der Waals surface area contributed by atoms with E-state index in [9.17, 15) is 13.2 Å². The molecule has 1 aliphatic heterocycles. The Bertz CT molecular complexity index is 916. The van der Waals surface area contributed by atoms with E-state index in [-0.39, 0.29) is 27.7 Å². The van der Waals surface area contributed by atoms with Gasteiger partial charge in [0.05, 0.1) is 4.90 Å². The first-order chi connectivity index (χ1) is 13.6. The molecule has 2 bridgehead atoms. The van der Waals surface area contributed by atoms with Crippen molar-refractivity contribution in [3.8, 4) is 0 Å². The first-order valence-corrected chi connectivity index (χ1v) is 12.1. The molecule has 2 N–H and O–H groups in total. The molecule has 1 aromatic rings. The van der Waals surface area contributed by atoms with Crippen LogP contribution in [-0.4, -0.2) is 50.9 Å². The standard InChI is InChI=1S/C22H33N3O3S/c1-15-5-6-16(13-18(15)29(27,28)25-11-9-23-10-12-25)19(26)24-20-21(2,3)17-7-8-22(20,4)14-17/h5-6,13,17,20,23H,7-12,14H2,1-4H3,(H,24,26)/t17-,20?,22-/m0/s1. The summed E-state index contributed by atoms with van der Waals surface area (Å²) >= 11 is 0. The maximum Gasteiger partial charge on any atom is 0.251 e. The Balaban J connectivity index is 1.60. The third-order valence-corrected chi connectivity index (χ3v) is 9.73. The number of rotatable bonds is 4. The molecule has 7 heteroatoms. The summed E-state index contributed by atoms with van der Waals surface area (Å²) in [7, 11) is -3.61. The minimum atomic E-state index is -3.61. The van der Waals surface area contributed by atoms with Gasteiger partial charge in [0.2, 0.25) is 10.0 Å². The van der Waals surface area contributed by atoms with Crippen molar-refractivity contribution in [3.63, 3.8) is 0 Å². The largest absolute Gasteiger partial charge is 0.348 e. The molecule has 1 unspecified atom stereocenters. The summed E-state index contributed by atoms with van der Waals surface area (Å²) in [5, 5.41) is 6.45. The van der Waals surface area contributed by atoms with E-state index in [0.717, 1.165) is 12.8 Å². The van der Waals surface area contributed by atoms with Crippen LogP contribution in [-0.2, 0) is 10.0 Å². The number of carbonyl (C=O) groups is 1. The van der Waals surface area contributed by atoms with Crippen LogP contribution in [0.25, 0.3) is 0 Å². The van der Waals surface area contributed by atoms with Crippen LogP contribution in [0.4, 0.5) is 0 Å². The number of nitrogens with zero attached hydrogens (tertiary/aromatic N) is 1. The molecule has 160 valence electrons. The monoisotopic (exact) mass is 419 g/mol. The number of benzene rings is 1. The molecule has 1 heterocycles. The van der Waals surface area contributed by atoms with Crippen molar-refractivity contribution in [2.45, 2.75) is 57.9 Å². The highest BCUT2D eigenvalue weighted by Crippen LogP contribution is 2.62. The van der Waals surface area contributed by atoms with Gasteiger partial charge in [-0.25, -0.2) is 8.42 Å². The molecule has 4 rings (SSSR count). The normalized spacial score (nSPS) is 31.7. The zero-order valence-corrected chi connectivity index (χ0v) is 18.7. The Morgan fingerprint density at radius 3 is 2.52 bits per heavy atom. The average molecular weight is 420 g/mol. The Kier molecular flexibility index (Phi) is 5.07. The Morgan fingerprint density at radius 1 is 1.21 bits per heavy atom. The second-order valence-electron chi connectivity index (χ2n) is 9.96. The van der Waals surface area contributed by atoms with E-state index >= 15 is 0 Å². The quantitative estimate of drug-likeness (QED) is 0.786.